The van der Waals surface area contributed by atoms with Crippen molar-refractivity contribution in [2.75, 3.05) is 31.6 Å². The highest BCUT2D eigenvalue weighted by molar-refractivity contribution is 7.15. The van der Waals surface area contributed by atoms with Gasteiger partial charge in [-0.3, -0.25) is 4.79 Å². The second-order valence-corrected chi connectivity index (χ2v) is 7.91. The zero-order valence-corrected chi connectivity index (χ0v) is 15.9. The fraction of sp³-hybridized carbons (Fsp3) is 0.667. The number of nitrogens with one attached hydrogen (secondary N) is 2. The van der Waals surface area contributed by atoms with Gasteiger partial charge >= 0.3 is 5.97 Å². The van der Waals surface area contributed by atoms with Crippen LogP contribution in [-0.2, 0) is 14.3 Å². The number of quaternary nitrogens is 1. The average molecular weight is 367 g/mol. The van der Waals surface area contributed by atoms with Crippen molar-refractivity contribution in [2.45, 2.75) is 51.7 Å². The summed E-state index contributed by atoms with van der Waals surface area (Å²) in [5.74, 6) is 0.0424. The van der Waals surface area contributed by atoms with Crippen LogP contribution in [0.2, 0.25) is 0 Å². The highest BCUT2D eigenvalue weighted by Crippen LogP contribution is 2.46. The van der Waals surface area contributed by atoms with Crippen molar-refractivity contribution >= 4 is 28.2 Å². The maximum atomic E-state index is 12.5. The standard InChI is InChI=1S/C18H26N2O4S/c1-4-23-18(22)16-14(13-5-6-13)10-25-17(16)19-15(21)9-20-7-11(2)24-12(3)8-20/h10-13H,4-9H2,1-3H3,(H,19,21)/p+1/t11-,12-/m1/s1. The molecule has 0 bridgehead atoms. The molecule has 2 heterocycles. The van der Waals surface area contributed by atoms with Crippen LogP contribution in [0.25, 0.3) is 0 Å². The van der Waals surface area contributed by atoms with Gasteiger partial charge in [0.15, 0.2) is 6.54 Å². The van der Waals surface area contributed by atoms with E-state index in [-0.39, 0.29) is 24.1 Å². The molecule has 0 spiro atoms. The molecule has 0 aromatic carbocycles. The molecule has 0 unspecified atom stereocenters. The van der Waals surface area contributed by atoms with Crippen molar-refractivity contribution < 1.29 is 24.0 Å². The average Bonchev–Trinajstić information content (AvgIpc) is 3.27. The molecule has 1 aromatic heterocycles. The number of amides is 1. The first-order valence-electron chi connectivity index (χ1n) is 9.05. The van der Waals surface area contributed by atoms with E-state index in [1.807, 2.05) is 19.2 Å². The second kappa shape index (κ2) is 7.85. The maximum Gasteiger partial charge on any atom is 0.341 e. The summed E-state index contributed by atoms with van der Waals surface area (Å²) in [4.78, 5) is 26.1. The van der Waals surface area contributed by atoms with Gasteiger partial charge in [0.1, 0.15) is 30.3 Å². The predicted molar refractivity (Wildman–Crippen MR) is 96.5 cm³/mol. The molecule has 6 nitrogen and oxygen atoms in total. The van der Waals surface area contributed by atoms with Gasteiger partial charge in [-0.2, -0.15) is 0 Å². The fourth-order valence-electron chi connectivity index (χ4n) is 3.50. The molecule has 1 aliphatic carbocycles. The Morgan fingerprint density at radius 1 is 1.32 bits per heavy atom. The number of carbonyl (C=O) groups excluding carboxylic acids is 2. The zero-order valence-electron chi connectivity index (χ0n) is 15.1. The highest BCUT2D eigenvalue weighted by atomic mass is 32.1. The van der Waals surface area contributed by atoms with E-state index in [9.17, 15) is 9.59 Å². The molecule has 2 atom stereocenters. The zero-order chi connectivity index (χ0) is 18.0. The first kappa shape index (κ1) is 18.4. The van der Waals surface area contributed by atoms with Crippen molar-refractivity contribution in [1.82, 2.24) is 0 Å². The number of rotatable bonds is 6. The van der Waals surface area contributed by atoms with Crippen LogP contribution < -0.4 is 10.2 Å². The topological polar surface area (TPSA) is 69.1 Å². The molecule has 1 saturated heterocycles. The number of carbonyl (C=O) groups is 2. The number of anilines is 1. The van der Waals surface area contributed by atoms with Crippen LogP contribution in [0.4, 0.5) is 5.00 Å². The lowest BCUT2D eigenvalue weighted by molar-refractivity contribution is -0.907. The van der Waals surface area contributed by atoms with Gasteiger partial charge in [-0.15, -0.1) is 11.3 Å². The van der Waals surface area contributed by atoms with Crippen LogP contribution in [0.1, 0.15) is 55.5 Å². The number of thiophene rings is 1. The van der Waals surface area contributed by atoms with E-state index in [2.05, 4.69) is 5.32 Å². The van der Waals surface area contributed by atoms with E-state index < -0.39 is 0 Å². The van der Waals surface area contributed by atoms with Gasteiger partial charge in [-0.05, 0) is 50.5 Å². The lowest BCUT2D eigenvalue weighted by Gasteiger charge is -2.31. The van der Waals surface area contributed by atoms with Gasteiger partial charge < -0.3 is 19.7 Å². The molecule has 2 fully saturated rings. The molecule has 1 aromatic rings. The van der Waals surface area contributed by atoms with Crippen LogP contribution in [0.5, 0.6) is 0 Å². The Kier molecular flexibility index (Phi) is 5.76. The minimum absolute atomic E-state index is 0.0638. The monoisotopic (exact) mass is 367 g/mol. The number of hydrogen-bond acceptors (Lipinski definition) is 5. The molecule has 3 rings (SSSR count). The van der Waals surface area contributed by atoms with E-state index in [1.54, 1.807) is 6.92 Å². The Hall–Kier alpha value is -1.44. The first-order valence-corrected chi connectivity index (χ1v) is 9.93. The van der Waals surface area contributed by atoms with E-state index in [4.69, 9.17) is 9.47 Å². The van der Waals surface area contributed by atoms with Crippen molar-refractivity contribution in [3.05, 3.63) is 16.5 Å². The van der Waals surface area contributed by atoms with Gasteiger partial charge in [0.25, 0.3) is 5.91 Å². The van der Waals surface area contributed by atoms with Crippen LogP contribution in [0.15, 0.2) is 5.38 Å². The molecule has 1 amide bonds. The summed E-state index contributed by atoms with van der Waals surface area (Å²) in [5.41, 5.74) is 1.58. The first-order chi connectivity index (χ1) is 12.0. The summed E-state index contributed by atoms with van der Waals surface area (Å²) in [6.45, 7) is 8.22. The smallest absolute Gasteiger partial charge is 0.341 e. The third-order valence-electron chi connectivity index (χ3n) is 4.60. The number of morpholine rings is 1. The lowest BCUT2D eigenvalue weighted by Crippen LogP contribution is -3.16. The SMILES string of the molecule is CCOC(=O)c1c(C2CC2)csc1NC(=O)C[NH+]1C[C@@H](C)O[C@H](C)C1. The Balaban J connectivity index is 1.67. The third kappa shape index (κ3) is 4.59. The molecule has 0 radical (unpaired) electrons. The molecule has 2 N–H and O–H groups in total. The van der Waals surface area contributed by atoms with E-state index in [1.165, 1.54) is 16.2 Å². The largest absolute Gasteiger partial charge is 0.462 e. The summed E-state index contributed by atoms with van der Waals surface area (Å²) in [6.07, 6.45) is 2.52. The Bertz CT molecular complexity index is 631. The van der Waals surface area contributed by atoms with E-state index in [0.717, 1.165) is 31.5 Å². The Morgan fingerprint density at radius 2 is 2.00 bits per heavy atom. The van der Waals surface area contributed by atoms with Gasteiger partial charge in [0.2, 0.25) is 0 Å². The van der Waals surface area contributed by atoms with E-state index >= 15 is 0 Å². The van der Waals surface area contributed by atoms with Crippen LogP contribution in [0, 0.1) is 0 Å². The number of esters is 1. The van der Waals surface area contributed by atoms with Gasteiger partial charge in [0, 0.05) is 0 Å². The molecule has 2 aliphatic rings. The minimum atomic E-state index is -0.332. The molecule has 1 aliphatic heterocycles. The molecular weight excluding hydrogens is 340 g/mol. The van der Waals surface area contributed by atoms with Crippen molar-refractivity contribution in [2.24, 2.45) is 0 Å². The number of ether oxygens (including phenoxy) is 2. The highest BCUT2D eigenvalue weighted by Gasteiger charge is 2.33. The minimum Gasteiger partial charge on any atom is -0.462 e. The van der Waals surface area contributed by atoms with Crippen LogP contribution in [-0.4, -0.2) is 50.3 Å². The summed E-state index contributed by atoms with van der Waals surface area (Å²) >= 11 is 1.42. The molecule has 25 heavy (non-hydrogen) atoms. The quantitative estimate of drug-likeness (QED) is 0.747. The third-order valence-corrected chi connectivity index (χ3v) is 5.51. The fourth-order valence-corrected chi connectivity index (χ4v) is 4.55. The summed E-state index contributed by atoms with van der Waals surface area (Å²) < 4.78 is 10.9. The van der Waals surface area contributed by atoms with Crippen molar-refractivity contribution in [1.29, 1.82) is 0 Å². The maximum absolute atomic E-state index is 12.5. The van der Waals surface area contributed by atoms with Gasteiger partial charge in [-0.1, -0.05) is 0 Å². The Morgan fingerprint density at radius 3 is 2.60 bits per heavy atom. The molecular formula is C18H27N2O4S+. The second-order valence-electron chi connectivity index (χ2n) is 7.03. The van der Waals surface area contributed by atoms with Gasteiger partial charge in [-0.25, -0.2) is 4.79 Å². The summed E-state index contributed by atoms with van der Waals surface area (Å²) in [5, 5.41) is 5.56. The van der Waals surface area contributed by atoms with Crippen molar-refractivity contribution in [3.8, 4) is 0 Å². The predicted octanol–water partition coefficient (Wildman–Crippen LogP) is 1.43. The van der Waals surface area contributed by atoms with Gasteiger partial charge in [0.05, 0.1) is 12.2 Å². The van der Waals surface area contributed by atoms with Crippen molar-refractivity contribution in [3.63, 3.8) is 0 Å². The summed E-state index contributed by atoms with van der Waals surface area (Å²) in [6, 6.07) is 0. The lowest BCUT2D eigenvalue weighted by atomic mass is 10.1. The molecule has 138 valence electrons. The summed E-state index contributed by atoms with van der Waals surface area (Å²) in [7, 11) is 0. The Labute approximate surface area is 152 Å². The number of hydrogen-bond donors (Lipinski definition) is 2. The van der Waals surface area contributed by atoms with E-state index in [0.29, 0.717) is 29.6 Å². The van der Waals surface area contributed by atoms with Crippen LogP contribution in [0.3, 0.4) is 0 Å². The normalized spacial score (nSPS) is 26.3. The molecule has 7 heteroatoms. The molecule has 1 saturated carbocycles. The van der Waals surface area contributed by atoms with Crippen LogP contribution >= 0.6 is 11.3 Å².